The van der Waals surface area contributed by atoms with Crippen LogP contribution in [-0.4, -0.2) is 18.3 Å². The van der Waals surface area contributed by atoms with E-state index in [9.17, 15) is 13.2 Å². The monoisotopic (exact) mass is 323 g/mol. The van der Waals surface area contributed by atoms with Gasteiger partial charge in [0.25, 0.3) is 0 Å². The van der Waals surface area contributed by atoms with E-state index in [-0.39, 0.29) is 17.7 Å². The number of hydrogen-bond acceptors (Lipinski definition) is 2. The molecule has 1 aliphatic carbocycles. The van der Waals surface area contributed by atoms with Crippen molar-refractivity contribution in [3.63, 3.8) is 0 Å². The number of aliphatic hydroxyl groups excluding tert-OH is 1. The lowest BCUT2D eigenvalue weighted by molar-refractivity contribution is -0.137. The molecule has 1 aliphatic rings. The van der Waals surface area contributed by atoms with Gasteiger partial charge in [0.2, 0.25) is 0 Å². The predicted molar refractivity (Wildman–Crippen MR) is 66.4 cm³/mol. The van der Waals surface area contributed by atoms with Gasteiger partial charge in [-0.2, -0.15) is 13.2 Å². The lowest BCUT2D eigenvalue weighted by atomic mass is 10.1. The predicted octanol–water partition coefficient (Wildman–Crippen LogP) is 3.65. The van der Waals surface area contributed by atoms with Gasteiger partial charge < -0.3 is 10.4 Å². The number of rotatable bonds is 4. The van der Waals surface area contributed by atoms with Crippen LogP contribution < -0.4 is 5.32 Å². The zero-order valence-electron chi connectivity index (χ0n) is 9.52. The van der Waals surface area contributed by atoms with E-state index < -0.39 is 11.7 Å². The van der Waals surface area contributed by atoms with Crippen LogP contribution in [0.25, 0.3) is 0 Å². The van der Waals surface area contributed by atoms with Crippen molar-refractivity contribution in [2.45, 2.75) is 19.0 Å². The second-order valence-electron chi connectivity index (χ2n) is 4.70. The van der Waals surface area contributed by atoms with Crippen molar-refractivity contribution < 1.29 is 18.3 Å². The first-order valence-electron chi connectivity index (χ1n) is 5.58. The van der Waals surface area contributed by atoms with Crippen molar-refractivity contribution in [2.75, 3.05) is 18.5 Å². The Bertz CT molecular complexity index is 443. The molecule has 0 atom stereocenters. The number of aliphatic hydroxyl groups is 1. The van der Waals surface area contributed by atoms with Crippen molar-refractivity contribution in [3.8, 4) is 0 Å². The fraction of sp³-hybridized carbons (Fsp3) is 0.500. The van der Waals surface area contributed by atoms with E-state index in [2.05, 4.69) is 21.2 Å². The molecule has 2 nitrogen and oxygen atoms in total. The number of anilines is 1. The summed E-state index contributed by atoms with van der Waals surface area (Å²) in [6.45, 7) is 0.381. The van der Waals surface area contributed by atoms with Crippen LogP contribution in [0.2, 0.25) is 0 Å². The van der Waals surface area contributed by atoms with Crippen molar-refractivity contribution in [1.82, 2.24) is 0 Å². The molecule has 0 spiro atoms. The maximum absolute atomic E-state index is 12.8. The molecule has 0 aliphatic heterocycles. The van der Waals surface area contributed by atoms with E-state index in [1.54, 1.807) is 6.07 Å². The molecule has 2 rings (SSSR count). The van der Waals surface area contributed by atoms with Crippen molar-refractivity contribution in [2.24, 2.45) is 5.41 Å². The Labute approximate surface area is 111 Å². The molecule has 1 aromatic carbocycles. The molecule has 0 saturated heterocycles. The first kappa shape index (κ1) is 13.7. The number of hydrogen-bond donors (Lipinski definition) is 2. The highest BCUT2D eigenvalue weighted by atomic mass is 79.9. The molecule has 18 heavy (non-hydrogen) atoms. The molecular formula is C12H13BrF3NO. The summed E-state index contributed by atoms with van der Waals surface area (Å²) in [7, 11) is 0. The highest BCUT2D eigenvalue weighted by molar-refractivity contribution is 9.10. The second kappa shape index (κ2) is 4.74. The summed E-state index contributed by atoms with van der Waals surface area (Å²) in [6, 6.07) is 4.03. The zero-order valence-corrected chi connectivity index (χ0v) is 11.1. The largest absolute Gasteiger partial charge is 0.418 e. The van der Waals surface area contributed by atoms with E-state index in [1.807, 2.05) is 0 Å². The lowest BCUT2D eigenvalue weighted by Crippen LogP contribution is -2.21. The van der Waals surface area contributed by atoms with E-state index in [1.165, 1.54) is 6.07 Å². The van der Waals surface area contributed by atoms with Crippen LogP contribution in [0.15, 0.2) is 22.7 Å². The minimum atomic E-state index is -4.39. The Morgan fingerprint density at radius 1 is 1.33 bits per heavy atom. The van der Waals surface area contributed by atoms with Gasteiger partial charge in [-0.3, -0.25) is 0 Å². The normalized spacial score (nSPS) is 17.6. The molecular weight excluding hydrogens is 311 g/mol. The lowest BCUT2D eigenvalue weighted by Gasteiger charge is -2.18. The molecule has 100 valence electrons. The third-order valence-electron chi connectivity index (χ3n) is 3.23. The molecule has 0 radical (unpaired) electrons. The van der Waals surface area contributed by atoms with E-state index in [0.29, 0.717) is 11.0 Å². The number of benzene rings is 1. The number of nitrogens with one attached hydrogen (secondary N) is 1. The van der Waals surface area contributed by atoms with E-state index in [0.717, 1.165) is 18.9 Å². The van der Waals surface area contributed by atoms with Crippen LogP contribution in [-0.2, 0) is 6.18 Å². The van der Waals surface area contributed by atoms with Crippen molar-refractivity contribution >= 4 is 21.6 Å². The first-order chi connectivity index (χ1) is 8.36. The highest BCUT2D eigenvalue weighted by Crippen LogP contribution is 2.45. The van der Waals surface area contributed by atoms with Crippen LogP contribution in [0.1, 0.15) is 18.4 Å². The van der Waals surface area contributed by atoms with Crippen LogP contribution >= 0.6 is 15.9 Å². The Morgan fingerprint density at radius 3 is 2.50 bits per heavy atom. The van der Waals surface area contributed by atoms with Crippen molar-refractivity contribution in [3.05, 3.63) is 28.2 Å². The summed E-state index contributed by atoms with van der Waals surface area (Å²) in [6.07, 6.45) is -2.68. The van der Waals surface area contributed by atoms with Gasteiger partial charge in [0.1, 0.15) is 0 Å². The van der Waals surface area contributed by atoms with Gasteiger partial charge in [-0.1, -0.05) is 15.9 Å². The fourth-order valence-electron chi connectivity index (χ4n) is 1.76. The highest BCUT2D eigenvalue weighted by Gasteiger charge is 2.42. The molecule has 0 amide bonds. The Kier molecular flexibility index (Phi) is 3.60. The Balaban J connectivity index is 2.17. The van der Waals surface area contributed by atoms with Crippen molar-refractivity contribution in [1.29, 1.82) is 0 Å². The smallest absolute Gasteiger partial charge is 0.396 e. The number of alkyl halides is 3. The molecule has 1 fully saturated rings. The molecule has 6 heteroatoms. The maximum Gasteiger partial charge on any atom is 0.418 e. The quantitative estimate of drug-likeness (QED) is 0.886. The van der Waals surface area contributed by atoms with Crippen LogP contribution in [0.4, 0.5) is 18.9 Å². The fourth-order valence-corrected chi connectivity index (χ4v) is 2.12. The average molecular weight is 324 g/mol. The third kappa shape index (κ3) is 2.98. The van der Waals surface area contributed by atoms with Gasteiger partial charge in [-0.25, -0.2) is 0 Å². The SMILES string of the molecule is OCC1(CNc2ccc(Br)cc2C(F)(F)F)CC1. The first-order valence-corrected chi connectivity index (χ1v) is 6.37. The molecule has 1 aromatic rings. The van der Waals surface area contributed by atoms with E-state index in [4.69, 9.17) is 5.11 Å². The van der Waals surface area contributed by atoms with Gasteiger partial charge in [0.15, 0.2) is 0 Å². The summed E-state index contributed by atoms with van der Waals surface area (Å²) in [4.78, 5) is 0. The second-order valence-corrected chi connectivity index (χ2v) is 5.62. The average Bonchev–Trinajstić information content (AvgIpc) is 3.07. The molecule has 1 saturated carbocycles. The summed E-state index contributed by atoms with van der Waals surface area (Å²) in [5, 5.41) is 11.9. The van der Waals surface area contributed by atoms with Gasteiger partial charge >= 0.3 is 6.18 Å². The van der Waals surface area contributed by atoms with E-state index >= 15 is 0 Å². The zero-order chi connectivity index (χ0) is 13.4. The summed E-state index contributed by atoms with van der Waals surface area (Å²) in [5.41, 5.74) is -0.855. The molecule has 2 N–H and O–H groups in total. The minimum Gasteiger partial charge on any atom is -0.396 e. The third-order valence-corrected chi connectivity index (χ3v) is 3.73. The molecule has 0 unspecified atom stereocenters. The maximum atomic E-state index is 12.8. The summed E-state index contributed by atoms with van der Waals surface area (Å²) in [5.74, 6) is 0. The minimum absolute atomic E-state index is 0.0118. The molecule has 0 bridgehead atoms. The van der Waals surface area contributed by atoms with Crippen LogP contribution in [0.5, 0.6) is 0 Å². The molecule has 0 heterocycles. The topological polar surface area (TPSA) is 32.3 Å². The van der Waals surface area contributed by atoms with Crippen LogP contribution in [0, 0.1) is 5.41 Å². The van der Waals surface area contributed by atoms with Gasteiger partial charge in [0, 0.05) is 22.1 Å². The molecule has 0 aromatic heterocycles. The van der Waals surface area contributed by atoms with Crippen LogP contribution in [0.3, 0.4) is 0 Å². The Morgan fingerprint density at radius 2 is 2.00 bits per heavy atom. The van der Waals surface area contributed by atoms with Gasteiger partial charge in [0.05, 0.1) is 12.2 Å². The van der Waals surface area contributed by atoms with Gasteiger partial charge in [-0.05, 0) is 31.0 Å². The standard InChI is InChI=1S/C12H13BrF3NO/c13-8-1-2-10(9(5-8)12(14,15)16)17-6-11(7-18)3-4-11/h1-2,5,17-18H,3-4,6-7H2. The number of halogens is 4. The Hall–Kier alpha value is -0.750. The summed E-state index contributed by atoms with van der Waals surface area (Å²) < 4.78 is 38.9. The van der Waals surface area contributed by atoms with Gasteiger partial charge in [-0.15, -0.1) is 0 Å². The summed E-state index contributed by atoms with van der Waals surface area (Å²) >= 11 is 3.04.